The lowest BCUT2D eigenvalue weighted by Crippen LogP contribution is -2.38. The average molecular weight is 222 g/mol. The summed E-state index contributed by atoms with van der Waals surface area (Å²) >= 11 is 0. The van der Waals surface area contributed by atoms with Gasteiger partial charge in [-0.05, 0) is 38.8 Å². The molecule has 2 rings (SSSR count). The van der Waals surface area contributed by atoms with Gasteiger partial charge in [-0.1, -0.05) is 0 Å². The molecule has 1 aliphatic rings. The Labute approximate surface area is 97.4 Å². The highest BCUT2D eigenvalue weighted by molar-refractivity contribution is 4.93. The molecule has 90 valence electrons. The van der Waals surface area contributed by atoms with Crippen LogP contribution in [0.3, 0.4) is 0 Å². The van der Waals surface area contributed by atoms with E-state index in [9.17, 15) is 0 Å². The first-order valence-corrected chi connectivity index (χ1v) is 6.26. The highest BCUT2D eigenvalue weighted by Gasteiger charge is 2.19. The first-order chi connectivity index (χ1) is 7.83. The van der Waals surface area contributed by atoms with Gasteiger partial charge in [0.25, 0.3) is 0 Å². The molecule has 1 aromatic heterocycles. The number of aryl methyl sites for hydroxylation is 1. The van der Waals surface area contributed by atoms with Crippen molar-refractivity contribution < 1.29 is 0 Å². The number of aromatic nitrogens is 2. The summed E-state index contributed by atoms with van der Waals surface area (Å²) in [4.78, 5) is 6.90. The van der Waals surface area contributed by atoms with E-state index in [2.05, 4.69) is 27.6 Å². The zero-order valence-corrected chi connectivity index (χ0v) is 10.1. The Morgan fingerprint density at radius 1 is 1.56 bits per heavy atom. The third-order valence-corrected chi connectivity index (χ3v) is 3.44. The molecule has 0 aromatic carbocycles. The minimum Gasteiger partial charge on any atom is -0.334 e. The van der Waals surface area contributed by atoms with E-state index in [1.807, 2.05) is 6.20 Å². The smallest absolute Gasteiger partial charge is 0.122 e. The summed E-state index contributed by atoms with van der Waals surface area (Å²) in [6.45, 7) is 7.27. The van der Waals surface area contributed by atoms with E-state index in [-0.39, 0.29) is 0 Å². The molecule has 4 nitrogen and oxygen atoms in total. The molecule has 0 radical (unpaired) electrons. The maximum Gasteiger partial charge on any atom is 0.122 e. The van der Waals surface area contributed by atoms with Crippen LogP contribution in [0, 0.1) is 5.92 Å². The van der Waals surface area contributed by atoms with Crippen LogP contribution in [0.15, 0.2) is 12.4 Å². The van der Waals surface area contributed by atoms with Crippen LogP contribution in [-0.4, -0.2) is 34.1 Å². The Balaban J connectivity index is 1.93. The lowest BCUT2D eigenvalue weighted by atomic mass is 9.98. The first-order valence-electron chi connectivity index (χ1n) is 6.26. The van der Waals surface area contributed by atoms with Crippen molar-refractivity contribution in [3.63, 3.8) is 0 Å². The molecule has 1 aliphatic heterocycles. The second-order valence-electron chi connectivity index (χ2n) is 4.61. The molecule has 1 atom stereocenters. The molecule has 2 heterocycles. The number of rotatable bonds is 4. The van der Waals surface area contributed by atoms with E-state index in [0.717, 1.165) is 26.2 Å². The first kappa shape index (κ1) is 11.6. The van der Waals surface area contributed by atoms with Gasteiger partial charge in [0, 0.05) is 25.5 Å². The molecule has 0 aliphatic carbocycles. The van der Waals surface area contributed by atoms with E-state index in [1.54, 1.807) is 0 Å². The molecule has 1 fully saturated rings. The van der Waals surface area contributed by atoms with Crippen LogP contribution >= 0.6 is 0 Å². The van der Waals surface area contributed by atoms with Crippen molar-refractivity contribution in [2.45, 2.75) is 32.9 Å². The number of piperidine rings is 1. The molecule has 0 saturated carbocycles. The summed E-state index contributed by atoms with van der Waals surface area (Å²) in [5, 5.41) is 0. The Hall–Kier alpha value is -0.870. The monoisotopic (exact) mass is 222 g/mol. The molecule has 4 heteroatoms. The Kier molecular flexibility index (Phi) is 3.96. The number of likely N-dealkylation sites (tertiary alicyclic amines) is 1. The Morgan fingerprint density at radius 3 is 3.19 bits per heavy atom. The van der Waals surface area contributed by atoms with Gasteiger partial charge < -0.3 is 10.3 Å². The van der Waals surface area contributed by atoms with Crippen LogP contribution in [0.2, 0.25) is 0 Å². The highest BCUT2D eigenvalue weighted by Crippen LogP contribution is 2.17. The standard InChI is InChI=1S/C12H22N4/c1-2-16-7-5-14-12(16)10-15-6-3-4-11(8-13)9-15/h5,7,11H,2-4,6,8-10,13H2,1H3. The topological polar surface area (TPSA) is 47.1 Å². The molecule has 0 amide bonds. The minimum atomic E-state index is 0.679. The van der Waals surface area contributed by atoms with Gasteiger partial charge in [-0.15, -0.1) is 0 Å². The number of nitrogens with two attached hydrogens (primary N) is 1. The molecule has 1 saturated heterocycles. The summed E-state index contributed by atoms with van der Waals surface area (Å²) in [5.74, 6) is 1.86. The fourth-order valence-electron chi connectivity index (χ4n) is 2.47. The summed E-state index contributed by atoms with van der Waals surface area (Å²) < 4.78 is 2.21. The summed E-state index contributed by atoms with van der Waals surface area (Å²) in [6.07, 6.45) is 6.51. The fourth-order valence-corrected chi connectivity index (χ4v) is 2.47. The van der Waals surface area contributed by atoms with E-state index in [1.165, 1.54) is 25.2 Å². The molecule has 1 unspecified atom stereocenters. The van der Waals surface area contributed by atoms with Crippen LogP contribution in [0.25, 0.3) is 0 Å². The lowest BCUT2D eigenvalue weighted by molar-refractivity contribution is 0.165. The summed E-state index contributed by atoms with van der Waals surface area (Å²) in [5.41, 5.74) is 5.75. The molecule has 2 N–H and O–H groups in total. The highest BCUT2D eigenvalue weighted by atomic mass is 15.2. The second-order valence-corrected chi connectivity index (χ2v) is 4.61. The average Bonchev–Trinajstić information content (AvgIpc) is 2.76. The SMILES string of the molecule is CCn1ccnc1CN1CCCC(CN)C1. The zero-order chi connectivity index (χ0) is 11.4. The number of hydrogen-bond acceptors (Lipinski definition) is 3. The quantitative estimate of drug-likeness (QED) is 0.829. The predicted octanol–water partition coefficient (Wildman–Crippen LogP) is 1.07. The summed E-state index contributed by atoms with van der Waals surface area (Å²) in [7, 11) is 0. The molecule has 1 aromatic rings. The van der Waals surface area contributed by atoms with E-state index in [0.29, 0.717) is 5.92 Å². The minimum absolute atomic E-state index is 0.679. The van der Waals surface area contributed by atoms with Gasteiger partial charge in [-0.25, -0.2) is 4.98 Å². The second kappa shape index (κ2) is 5.46. The van der Waals surface area contributed by atoms with Crippen molar-refractivity contribution in [3.05, 3.63) is 18.2 Å². The van der Waals surface area contributed by atoms with Gasteiger partial charge in [0.15, 0.2) is 0 Å². The van der Waals surface area contributed by atoms with Crippen LogP contribution in [0.1, 0.15) is 25.6 Å². The normalized spacial score (nSPS) is 22.5. The maximum absolute atomic E-state index is 5.75. The van der Waals surface area contributed by atoms with Crippen molar-refractivity contribution in [1.29, 1.82) is 0 Å². The van der Waals surface area contributed by atoms with E-state index < -0.39 is 0 Å². The van der Waals surface area contributed by atoms with Gasteiger partial charge in [-0.2, -0.15) is 0 Å². The molecule has 16 heavy (non-hydrogen) atoms. The van der Waals surface area contributed by atoms with E-state index >= 15 is 0 Å². The molecule has 0 spiro atoms. The Morgan fingerprint density at radius 2 is 2.44 bits per heavy atom. The number of imidazole rings is 1. The van der Waals surface area contributed by atoms with Crippen molar-refractivity contribution in [2.24, 2.45) is 11.7 Å². The largest absolute Gasteiger partial charge is 0.334 e. The van der Waals surface area contributed by atoms with Gasteiger partial charge >= 0.3 is 0 Å². The van der Waals surface area contributed by atoms with Gasteiger partial charge in [0.2, 0.25) is 0 Å². The maximum atomic E-state index is 5.75. The van der Waals surface area contributed by atoms with Crippen molar-refractivity contribution >= 4 is 0 Å². The third-order valence-electron chi connectivity index (χ3n) is 3.44. The fraction of sp³-hybridized carbons (Fsp3) is 0.750. The number of hydrogen-bond donors (Lipinski definition) is 1. The van der Waals surface area contributed by atoms with Crippen molar-refractivity contribution in [3.8, 4) is 0 Å². The van der Waals surface area contributed by atoms with Gasteiger partial charge in [-0.3, -0.25) is 4.90 Å². The van der Waals surface area contributed by atoms with Crippen molar-refractivity contribution in [1.82, 2.24) is 14.5 Å². The molecular weight excluding hydrogens is 200 g/mol. The van der Waals surface area contributed by atoms with Gasteiger partial charge in [0.1, 0.15) is 5.82 Å². The zero-order valence-electron chi connectivity index (χ0n) is 10.1. The van der Waals surface area contributed by atoms with Crippen LogP contribution in [0.5, 0.6) is 0 Å². The predicted molar refractivity (Wildman–Crippen MR) is 65.0 cm³/mol. The lowest BCUT2D eigenvalue weighted by Gasteiger charge is -2.31. The molecular formula is C12H22N4. The molecule has 0 bridgehead atoms. The van der Waals surface area contributed by atoms with Crippen molar-refractivity contribution in [2.75, 3.05) is 19.6 Å². The summed E-state index contributed by atoms with van der Waals surface area (Å²) in [6, 6.07) is 0. The van der Waals surface area contributed by atoms with E-state index in [4.69, 9.17) is 5.73 Å². The van der Waals surface area contributed by atoms with Gasteiger partial charge in [0.05, 0.1) is 6.54 Å². The van der Waals surface area contributed by atoms with Crippen LogP contribution in [-0.2, 0) is 13.1 Å². The van der Waals surface area contributed by atoms with Crippen LogP contribution in [0.4, 0.5) is 0 Å². The number of nitrogens with zero attached hydrogens (tertiary/aromatic N) is 3. The Bertz CT molecular complexity index is 321. The third kappa shape index (κ3) is 2.62. The van der Waals surface area contributed by atoms with Crippen LogP contribution < -0.4 is 5.73 Å².